The van der Waals surface area contributed by atoms with Crippen LogP contribution in [0, 0.1) is 0 Å². The number of ether oxygens (including phenoxy) is 1. The summed E-state index contributed by atoms with van der Waals surface area (Å²) in [4.78, 5) is 6.54. The molecule has 0 aliphatic rings. The molecule has 1 rings (SSSR count). The summed E-state index contributed by atoms with van der Waals surface area (Å²) in [5, 5.41) is 10.9. The lowest BCUT2D eigenvalue weighted by Gasteiger charge is -2.18. The lowest BCUT2D eigenvalue weighted by Crippen LogP contribution is -2.41. The first-order valence-corrected chi connectivity index (χ1v) is 8.25. The fraction of sp³-hybridized carbons (Fsp3) is 0.750. The van der Waals surface area contributed by atoms with E-state index in [9.17, 15) is 0 Å². The molecule has 0 radical (unpaired) electrons. The van der Waals surface area contributed by atoms with Crippen LogP contribution in [0.25, 0.3) is 0 Å². The van der Waals surface area contributed by atoms with Gasteiger partial charge in [-0.05, 0) is 31.9 Å². The molecule has 0 aromatic carbocycles. The second kappa shape index (κ2) is 11.9. The number of hydrogen-bond acceptors (Lipinski definition) is 4. The van der Waals surface area contributed by atoms with E-state index in [1.54, 1.807) is 14.2 Å². The molecular weight excluding hydrogens is 292 g/mol. The number of aryl methyl sites for hydroxylation is 2. The van der Waals surface area contributed by atoms with Crippen LogP contribution in [-0.2, 0) is 18.2 Å². The first-order valence-electron chi connectivity index (χ1n) is 8.25. The number of likely N-dealkylation sites (N-methyl/N-ethyl adjacent to an activating group) is 1. The van der Waals surface area contributed by atoms with Gasteiger partial charge in [-0.25, -0.2) is 0 Å². The minimum atomic E-state index is 0.817. The van der Waals surface area contributed by atoms with Crippen molar-refractivity contribution in [1.82, 2.24) is 25.3 Å². The third-order valence-electron chi connectivity index (χ3n) is 3.59. The van der Waals surface area contributed by atoms with Gasteiger partial charge in [0.05, 0.1) is 6.20 Å². The fourth-order valence-corrected chi connectivity index (χ4v) is 2.28. The molecule has 7 nitrogen and oxygen atoms in total. The van der Waals surface area contributed by atoms with Crippen molar-refractivity contribution in [2.75, 3.05) is 54.0 Å². The van der Waals surface area contributed by atoms with Crippen molar-refractivity contribution in [3.8, 4) is 0 Å². The van der Waals surface area contributed by atoms with Crippen molar-refractivity contribution in [2.24, 2.45) is 12.0 Å². The van der Waals surface area contributed by atoms with E-state index in [0.29, 0.717) is 0 Å². The van der Waals surface area contributed by atoms with Crippen LogP contribution in [0.1, 0.15) is 18.4 Å². The zero-order valence-electron chi connectivity index (χ0n) is 15.0. The molecule has 0 bridgehead atoms. The summed E-state index contributed by atoms with van der Waals surface area (Å²) in [6.07, 6.45) is 7.14. The summed E-state index contributed by atoms with van der Waals surface area (Å²) in [6.45, 7) is 4.63. The molecule has 1 aromatic rings. The van der Waals surface area contributed by atoms with Crippen molar-refractivity contribution >= 4 is 5.96 Å². The normalized spacial score (nSPS) is 12.0. The van der Waals surface area contributed by atoms with Crippen molar-refractivity contribution < 1.29 is 4.74 Å². The molecule has 2 N–H and O–H groups in total. The van der Waals surface area contributed by atoms with Crippen LogP contribution >= 0.6 is 0 Å². The molecule has 7 heteroatoms. The molecule has 23 heavy (non-hydrogen) atoms. The second-order valence-electron chi connectivity index (χ2n) is 5.70. The van der Waals surface area contributed by atoms with Gasteiger partial charge in [0.1, 0.15) is 0 Å². The zero-order chi connectivity index (χ0) is 16.9. The third-order valence-corrected chi connectivity index (χ3v) is 3.59. The summed E-state index contributed by atoms with van der Waals surface area (Å²) < 4.78 is 6.90. The van der Waals surface area contributed by atoms with Crippen LogP contribution < -0.4 is 10.6 Å². The Morgan fingerprint density at radius 3 is 2.74 bits per heavy atom. The molecule has 0 amide bonds. The van der Waals surface area contributed by atoms with Gasteiger partial charge in [-0.15, -0.1) is 0 Å². The van der Waals surface area contributed by atoms with Gasteiger partial charge in [-0.1, -0.05) is 0 Å². The molecule has 0 aliphatic carbocycles. The first-order chi connectivity index (χ1) is 11.2. The second-order valence-corrected chi connectivity index (χ2v) is 5.70. The Bertz CT molecular complexity index is 446. The Morgan fingerprint density at radius 1 is 1.30 bits per heavy atom. The first kappa shape index (κ1) is 19.4. The summed E-state index contributed by atoms with van der Waals surface area (Å²) in [5.74, 6) is 0.862. The molecule has 132 valence electrons. The van der Waals surface area contributed by atoms with Gasteiger partial charge in [0.15, 0.2) is 5.96 Å². The highest BCUT2D eigenvalue weighted by Gasteiger charge is 2.01. The number of aliphatic imine (C=N–C) groups is 1. The highest BCUT2D eigenvalue weighted by atomic mass is 16.5. The van der Waals surface area contributed by atoms with Crippen molar-refractivity contribution in [3.63, 3.8) is 0 Å². The largest absolute Gasteiger partial charge is 0.385 e. The lowest BCUT2D eigenvalue weighted by atomic mass is 10.2. The molecule has 0 saturated carbocycles. The van der Waals surface area contributed by atoms with Gasteiger partial charge >= 0.3 is 0 Å². The van der Waals surface area contributed by atoms with E-state index in [2.05, 4.69) is 38.9 Å². The van der Waals surface area contributed by atoms with E-state index >= 15 is 0 Å². The SMILES string of the molecule is CN=C(NCCCc1cnn(C)c1)NCCN(C)CCCOC. The lowest BCUT2D eigenvalue weighted by molar-refractivity contribution is 0.180. The third kappa shape index (κ3) is 9.20. The molecule has 0 fully saturated rings. The summed E-state index contributed by atoms with van der Waals surface area (Å²) in [6, 6.07) is 0. The average molecular weight is 324 g/mol. The number of nitrogens with one attached hydrogen (secondary N) is 2. The smallest absolute Gasteiger partial charge is 0.191 e. The van der Waals surface area contributed by atoms with Gasteiger partial charge in [0.25, 0.3) is 0 Å². The molecule has 0 saturated heterocycles. The van der Waals surface area contributed by atoms with E-state index in [0.717, 1.165) is 58.0 Å². The van der Waals surface area contributed by atoms with Crippen LogP contribution in [0.4, 0.5) is 0 Å². The van der Waals surface area contributed by atoms with Crippen LogP contribution in [0.2, 0.25) is 0 Å². The number of methoxy groups -OCH3 is 1. The molecule has 0 unspecified atom stereocenters. The highest BCUT2D eigenvalue weighted by Crippen LogP contribution is 1.99. The minimum absolute atomic E-state index is 0.817. The zero-order valence-corrected chi connectivity index (χ0v) is 15.0. The summed E-state index contributed by atoms with van der Waals surface area (Å²) >= 11 is 0. The van der Waals surface area contributed by atoms with Crippen LogP contribution in [0.5, 0.6) is 0 Å². The number of guanidine groups is 1. The molecule has 1 heterocycles. The standard InChI is InChI=1S/C16H32N6O/c1-17-16(19-9-11-21(2)10-6-12-23-4)18-8-5-7-15-13-20-22(3)14-15/h13-14H,5-12H2,1-4H3,(H2,17,18,19). The van der Waals surface area contributed by atoms with Crippen LogP contribution in [-0.4, -0.2) is 74.6 Å². The summed E-state index contributed by atoms with van der Waals surface area (Å²) in [7, 11) is 7.62. The molecule has 0 spiro atoms. The highest BCUT2D eigenvalue weighted by molar-refractivity contribution is 5.79. The fourth-order valence-electron chi connectivity index (χ4n) is 2.28. The van der Waals surface area contributed by atoms with Gasteiger partial charge in [0.2, 0.25) is 0 Å². The average Bonchev–Trinajstić information content (AvgIpc) is 2.95. The van der Waals surface area contributed by atoms with Gasteiger partial charge < -0.3 is 20.3 Å². The van der Waals surface area contributed by atoms with Crippen LogP contribution in [0.15, 0.2) is 17.4 Å². The molecular formula is C16H32N6O. The van der Waals surface area contributed by atoms with Gasteiger partial charge in [0, 0.05) is 60.2 Å². The van der Waals surface area contributed by atoms with E-state index in [-0.39, 0.29) is 0 Å². The van der Waals surface area contributed by atoms with Crippen molar-refractivity contribution in [1.29, 1.82) is 0 Å². The topological polar surface area (TPSA) is 66.7 Å². The Kier molecular flexibility index (Phi) is 10.1. The van der Waals surface area contributed by atoms with E-state index in [4.69, 9.17) is 4.74 Å². The Balaban J connectivity index is 2.07. The predicted octanol–water partition coefficient (Wildman–Crippen LogP) is 0.486. The number of rotatable bonds is 11. The van der Waals surface area contributed by atoms with E-state index in [1.807, 2.05) is 17.9 Å². The van der Waals surface area contributed by atoms with Gasteiger partial charge in [-0.3, -0.25) is 9.67 Å². The van der Waals surface area contributed by atoms with Crippen LogP contribution in [0.3, 0.4) is 0 Å². The molecule has 0 atom stereocenters. The Hall–Kier alpha value is -1.60. The molecule has 0 aliphatic heterocycles. The van der Waals surface area contributed by atoms with Crippen molar-refractivity contribution in [2.45, 2.75) is 19.3 Å². The Labute approximate surface area is 140 Å². The Morgan fingerprint density at radius 2 is 2.09 bits per heavy atom. The maximum Gasteiger partial charge on any atom is 0.191 e. The van der Waals surface area contributed by atoms with E-state index in [1.165, 1.54) is 5.56 Å². The van der Waals surface area contributed by atoms with E-state index < -0.39 is 0 Å². The summed E-state index contributed by atoms with van der Waals surface area (Å²) in [5.41, 5.74) is 1.27. The van der Waals surface area contributed by atoms with Crippen molar-refractivity contribution in [3.05, 3.63) is 18.0 Å². The predicted molar refractivity (Wildman–Crippen MR) is 94.9 cm³/mol. The van der Waals surface area contributed by atoms with Gasteiger partial charge in [-0.2, -0.15) is 5.10 Å². The minimum Gasteiger partial charge on any atom is -0.385 e. The quantitative estimate of drug-likeness (QED) is 0.352. The maximum absolute atomic E-state index is 5.06. The number of aromatic nitrogens is 2. The number of nitrogens with zero attached hydrogens (tertiary/aromatic N) is 4. The maximum atomic E-state index is 5.06. The monoisotopic (exact) mass is 324 g/mol. The number of hydrogen-bond donors (Lipinski definition) is 2. The molecule has 1 aromatic heterocycles.